The fraction of sp³-hybridized carbons (Fsp3) is 0.875. The largest absolute Gasteiger partial charge is 0.446 e. The van der Waals surface area contributed by atoms with Crippen molar-refractivity contribution in [2.75, 3.05) is 19.0 Å². The molecule has 8 heteroatoms. The molecule has 0 bridgehead atoms. The summed E-state index contributed by atoms with van der Waals surface area (Å²) in [6, 6.07) is 0. The van der Waals surface area contributed by atoms with Crippen LogP contribution in [0.2, 0.25) is 0 Å². The zero-order chi connectivity index (χ0) is 12.8. The van der Waals surface area contributed by atoms with Crippen LogP contribution in [-0.4, -0.2) is 38.8 Å². The summed E-state index contributed by atoms with van der Waals surface area (Å²) >= 11 is 0. The monoisotopic (exact) mass is 272 g/mol. The molecular formula is C8H17O6PS. The smallest absolute Gasteiger partial charge is 0.303 e. The molecule has 0 aliphatic rings. The van der Waals surface area contributed by atoms with Gasteiger partial charge in [0, 0.05) is 25.8 Å². The van der Waals surface area contributed by atoms with Gasteiger partial charge in [-0.1, -0.05) is 0 Å². The molecule has 6 nitrogen and oxygen atoms in total. The lowest BCUT2D eigenvalue weighted by Crippen LogP contribution is -2.26. The SMILES string of the molecule is CCO[PH](=O)CCC(OC(C)=O)S(C)(=O)=O. The maximum atomic E-state index is 11.2. The van der Waals surface area contributed by atoms with Gasteiger partial charge in [-0.2, -0.15) is 0 Å². The Morgan fingerprint density at radius 1 is 1.44 bits per heavy atom. The van der Waals surface area contributed by atoms with E-state index in [2.05, 4.69) is 4.74 Å². The van der Waals surface area contributed by atoms with Crippen molar-refractivity contribution in [3.8, 4) is 0 Å². The van der Waals surface area contributed by atoms with Crippen LogP contribution >= 0.6 is 8.03 Å². The van der Waals surface area contributed by atoms with Crippen LogP contribution in [0.1, 0.15) is 20.3 Å². The molecule has 0 aliphatic heterocycles. The molecule has 0 saturated carbocycles. The molecule has 0 rings (SSSR count). The Morgan fingerprint density at radius 3 is 2.38 bits per heavy atom. The predicted molar refractivity (Wildman–Crippen MR) is 60.5 cm³/mol. The van der Waals surface area contributed by atoms with Gasteiger partial charge < -0.3 is 9.26 Å². The molecule has 0 aromatic rings. The number of hydrogen-bond acceptors (Lipinski definition) is 6. The molecule has 0 heterocycles. The van der Waals surface area contributed by atoms with Crippen LogP contribution in [0.5, 0.6) is 0 Å². The summed E-state index contributed by atoms with van der Waals surface area (Å²) in [7, 11) is -5.73. The summed E-state index contributed by atoms with van der Waals surface area (Å²) < 4.78 is 43.1. The number of ether oxygens (including phenoxy) is 1. The van der Waals surface area contributed by atoms with Crippen LogP contribution in [0.25, 0.3) is 0 Å². The molecule has 2 unspecified atom stereocenters. The number of carbonyl (C=O) groups is 1. The Bertz CT molecular complexity index is 350. The first kappa shape index (κ1) is 15.6. The van der Waals surface area contributed by atoms with Gasteiger partial charge in [0.1, 0.15) is 0 Å². The van der Waals surface area contributed by atoms with E-state index in [0.29, 0.717) is 6.61 Å². The molecule has 0 aliphatic carbocycles. The Hall–Kier alpha value is -0.390. The van der Waals surface area contributed by atoms with Crippen LogP contribution in [0, 0.1) is 0 Å². The highest BCUT2D eigenvalue weighted by atomic mass is 32.2. The van der Waals surface area contributed by atoms with Gasteiger partial charge in [-0.25, -0.2) is 8.42 Å². The summed E-state index contributed by atoms with van der Waals surface area (Å²) in [5.41, 5.74) is -1.24. The number of hydrogen-bond donors (Lipinski definition) is 0. The molecule has 0 saturated heterocycles. The summed E-state index contributed by atoms with van der Waals surface area (Å²) in [5.74, 6) is -0.675. The number of carbonyl (C=O) groups excluding carboxylic acids is 1. The maximum Gasteiger partial charge on any atom is 0.303 e. The van der Waals surface area contributed by atoms with Crippen LogP contribution in [0.15, 0.2) is 0 Å². The Labute approximate surface area is 96.1 Å². The van der Waals surface area contributed by atoms with Crippen LogP contribution < -0.4 is 0 Å². The highest BCUT2D eigenvalue weighted by Crippen LogP contribution is 2.25. The van der Waals surface area contributed by atoms with Gasteiger partial charge >= 0.3 is 5.97 Å². The van der Waals surface area contributed by atoms with Gasteiger partial charge in [0.05, 0.1) is 6.61 Å². The minimum Gasteiger partial charge on any atom is -0.446 e. The predicted octanol–water partition coefficient (Wildman–Crippen LogP) is 0.822. The van der Waals surface area contributed by atoms with Crippen molar-refractivity contribution in [3.05, 3.63) is 0 Å². The minimum atomic E-state index is -3.49. The third-order valence-electron chi connectivity index (χ3n) is 1.66. The quantitative estimate of drug-likeness (QED) is 0.503. The van der Waals surface area contributed by atoms with Crippen molar-refractivity contribution in [2.45, 2.75) is 25.7 Å². The van der Waals surface area contributed by atoms with Crippen LogP contribution in [-0.2, 0) is 28.5 Å². The molecule has 2 atom stereocenters. The highest BCUT2D eigenvalue weighted by Gasteiger charge is 2.24. The Kier molecular flexibility index (Phi) is 6.87. The van der Waals surface area contributed by atoms with Crippen molar-refractivity contribution in [1.29, 1.82) is 0 Å². The third-order valence-corrected chi connectivity index (χ3v) is 4.26. The maximum absolute atomic E-state index is 11.2. The summed E-state index contributed by atoms with van der Waals surface area (Å²) in [5, 5.41) is 0. The molecule has 0 spiro atoms. The van der Waals surface area contributed by atoms with E-state index in [1.807, 2.05) is 0 Å². The summed E-state index contributed by atoms with van der Waals surface area (Å²) in [6.07, 6.45) is 1.05. The van der Waals surface area contributed by atoms with Crippen molar-refractivity contribution in [1.82, 2.24) is 0 Å². The lowest BCUT2D eigenvalue weighted by Gasteiger charge is -2.14. The van der Waals surface area contributed by atoms with E-state index in [0.717, 1.165) is 13.2 Å². The van der Waals surface area contributed by atoms with Crippen molar-refractivity contribution in [3.63, 3.8) is 0 Å². The van der Waals surface area contributed by atoms with E-state index >= 15 is 0 Å². The second-order valence-corrected chi connectivity index (χ2v) is 6.93. The molecular weight excluding hydrogens is 255 g/mol. The van der Waals surface area contributed by atoms with E-state index in [9.17, 15) is 17.8 Å². The van der Waals surface area contributed by atoms with Crippen molar-refractivity contribution in [2.24, 2.45) is 0 Å². The fourth-order valence-electron chi connectivity index (χ4n) is 1.01. The second-order valence-electron chi connectivity index (χ2n) is 3.21. The number of rotatable bonds is 7. The third kappa shape index (κ3) is 6.98. The first-order valence-electron chi connectivity index (χ1n) is 4.79. The van der Waals surface area contributed by atoms with Gasteiger partial charge in [0.15, 0.2) is 17.9 Å². The molecule has 0 aromatic heterocycles. The van der Waals surface area contributed by atoms with Crippen LogP contribution in [0.4, 0.5) is 0 Å². The van der Waals surface area contributed by atoms with Gasteiger partial charge in [0.2, 0.25) is 5.44 Å². The molecule has 0 radical (unpaired) electrons. The Morgan fingerprint density at radius 2 is 2.00 bits per heavy atom. The van der Waals surface area contributed by atoms with Gasteiger partial charge in [-0.3, -0.25) is 9.36 Å². The van der Waals surface area contributed by atoms with Crippen molar-refractivity contribution >= 4 is 23.8 Å². The molecule has 0 amide bonds. The summed E-state index contributed by atoms with van der Waals surface area (Å²) in [6.45, 7) is 3.14. The molecule has 0 aromatic carbocycles. The fourth-order valence-corrected chi connectivity index (χ4v) is 3.04. The summed E-state index contributed by atoms with van der Waals surface area (Å²) in [4.78, 5) is 10.7. The van der Waals surface area contributed by atoms with Gasteiger partial charge in [-0.15, -0.1) is 0 Å². The number of esters is 1. The van der Waals surface area contributed by atoms with E-state index in [1.54, 1.807) is 6.92 Å². The highest BCUT2D eigenvalue weighted by molar-refractivity contribution is 7.91. The van der Waals surface area contributed by atoms with Crippen LogP contribution in [0.3, 0.4) is 0 Å². The molecule has 16 heavy (non-hydrogen) atoms. The first-order valence-corrected chi connectivity index (χ1v) is 8.27. The minimum absolute atomic E-state index is 0.00376. The van der Waals surface area contributed by atoms with E-state index < -0.39 is 29.3 Å². The van der Waals surface area contributed by atoms with Gasteiger partial charge in [0.25, 0.3) is 0 Å². The zero-order valence-electron chi connectivity index (χ0n) is 9.56. The number of sulfone groups is 1. The molecule has 0 fully saturated rings. The lowest BCUT2D eigenvalue weighted by molar-refractivity contribution is -0.142. The molecule has 0 N–H and O–H groups in total. The first-order chi connectivity index (χ1) is 7.27. The second kappa shape index (κ2) is 7.04. The zero-order valence-corrected chi connectivity index (χ0v) is 11.4. The average Bonchev–Trinajstić information content (AvgIpc) is 2.10. The van der Waals surface area contributed by atoms with Crippen molar-refractivity contribution < 1.29 is 27.0 Å². The van der Waals surface area contributed by atoms with Gasteiger partial charge in [-0.05, 0) is 6.92 Å². The van der Waals surface area contributed by atoms with E-state index in [1.165, 1.54) is 0 Å². The topological polar surface area (TPSA) is 86.7 Å². The normalized spacial score (nSPS) is 15.4. The van der Waals surface area contributed by atoms with E-state index in [4.69, 9.17) is 4.52 Å². The Balaban J connectivity index is 4.35. The lowest BCUT2D eigenvalue weighted by atomic mass is 10.5. The standard InChI is InChI=1S/C8H17O6PS/c1-4-13-15(10)6-5-8(14-7(2)9)16(3,11)12/h8,15H,4-6H2,1-3H3. The average molecular weight is 272 g/mol. The molecule has 96 valence electrons. The van der Waals surface area contributed by atoms with E-state index in [-0.39, 0.29) is 12.6 Å².